The normalized spacial score (nSPS) is 12.0. The largest absolute Gasteiger partial charge is 0.480 e. The standard InChI is InChI=1S/C64H57N9O16/c1-2-65-51(74)31-72(33-53(77)78)28-27-71(32-52(75)76)29-30-73(34-54(79)80)59(64(88)89)70-60(81)39-11-3-35(4-12-39)55-43-19-21-45(66-43)56(36-5-13-40(14-6-36)61(82)83)47-23-25-49(68-47)58(38-9-17-42(18-10-38)63(86)87)50-26-24-48(69-50)57(46-22-20-44(55)67-46)37-7-15-41(16-8-37)62(84)85/h3-26,59,66,69H,2,27-34H2,1H3,(H,65,74)(H,70,81)(H,75,76)(H,77,78)(H,79,80)(H,82,83)(H,84,85)(H,86,87)(H,88,89). The van der Waals surface area contributed by atoms with Crippen molar-refractivity contribution in [1.29, 1.82) is 0 Å². The highest BCUT2D eigenvalue weighted by atomic mass is 16.4. The minimum atomic E-state index is -1.96. The first-order valence-electron chi connectivity index (χ1n) is 27.6. The quantitative estimate of drug-likeness (QED) is 0.0247. The predicted octanol–water partition coefficient (Wildman–Crippen LogP) is 6.85. The monoisotopic (exact) mass is 1210 g/mol. The van der Waals surface area contributed by atoms with Crippen LogP contribution in [0.2, 0.25) is 0 Å². The van der Waals surface area contributed by atoms with Crippen LogP contribution >= 0.6 is 0 Å². The second kappa shape index (κ2) is 27.3. The molecule has 1 atom stereocenters. The van der Waals surface area contributed by atoms with Crippen LogP contribution in [0.5, 0.6) is 0 Å². The van der Waals surface area contributed by atoms with Crippen molar-refractivity contribution in [1.82, 2.24) is 45.3 Å². The molecule has 11 N–H and O–H groups in total. The number of carbonyl (C=O) groups excluding carboxylic acids is 2. The fourth-order valence-corrected chi connectivity index (χ4v) is 10.4. The lowest BCUT2D eigenvalue weighted by Gasteiger charge is -2.31. The molecule has 2 amide bonds. The van der Waals surface area contributed by atoms with Crippen molar-refractivity contribution in [2.75, 3.05) is 58.9 Å². The van der Waals surface area contributed by atoms with E-state index in [0.717, 1.165) is 4.90 Å². The van der Waals surface area contributed by atoms with Gasteiger partial charge in [0.05, 0.1) is 65.6 Å². The van der Waals surface area contributed by atoms with E-state index in [1.165, 1.54) is 58.3 Å². The Balaban J connectivity index is 1.15. The molecular weight excluding hydrogens is 1150 g/mol. The Kier molecular flexibility index (Phi) is 19.1. The maximum absolute atomic E-state index is 14.1. The molecule has 2 aliphatic heterocycles. The summed E-state index contributed by atoms with van der Waals surface area (Å²) in [4.78, 5) is 132. The highest BCUT2D eigenvalue weighted by Crippen LogP contribution is 2.39. The van der Waals surface area contributed by atoms with Crippen molar-refractivity contribution in [3.8, 4) is 44.5 Å². The van der Waals surface area contributed by atoms with Gasteiger partial charge in [-0.2, -0.15) is 0 Å². The average molecular weight is 1210 g/mol. The lowest BCUT2D eigenvalue weighted by Crippen LogP contribution is -2.56. The zero-order valence-electron chi connectivity index (χ0n) is 47.3. The molecule has 25 heteroatoms. The van der Waals surface area contributed by atoms with Crippen molar-refractivity contribution in [3.63, 3.8) is 0 Å². The summed E-state index contributed by atoms with van der Waals surface area (Å²) in [6.07, 6.45) is 5.19. The summed E-state index contributed by atoms with van der Waals surface area (Å²) in [5, 5.41) is 74.1. The molecule has 1 unspecified atom stereocenters. The van der Waals surface area contributed by atoms with Gasteiger partial charge in [0.25, 0.3) is 5.91 Å². The number of nitrogens with zero attached hydrogens (tertiary/aromatic N) is 5. The third-order valence-electron chi connectivity index (χ3n) is 14.6. The molecule has 0 saturated carbocycles. The SMILES string of the molecule is CCNC(=O)CN(CCN(CCN(CC(=O)O)C(NC(=O)c1ccc(-c2c3nc(c(-c4ccc(C(=O)O)cc4)c4ccc([nH]4)c(-c4ccc(C(=O)O)cc4)c4nc(c(-c5ccc(C(=O)O)cc5)c5ccc2[nH]5)C=C4)C=C3)cc1)C(=O)O)CC(=O)O)CC(=O)O. The van der Waals surface area contributed by atoms with Crippen molar-refractivity contribution >= 4 is 100.0 Å². The number of rotatable bonds is 26. The second-order valence-electron chi connectivity index (χ2n) is 20.5. The van der Waals surface area contributed by atoms with Crippen LogP contribution in [0, 0.1) is 0 Å². The van der Waals surface area contributed by atoms with Gasteiger partial charge in [-0.05, 0) is 126 Å². The number of carboxylic acids is 7. The molecule has 9 rings (SSSR count). The van der Waals surface area contributed by atoms with Gasteiger partial charge >= 0.3 is 41.8 Å². The molecule has 7 aromatic rings. The van der Waals surface area contributed by atoms with E-state index in [9.17, 15) is 78.9 Å². The third-order valence-corrected chi connectivity index (χ3v) is 14.6. The van der Waals surface area contributed by atoms with Crippen LogP contribution in [-0.2, 0) is 24.0 Å². The lowest BCUT2D eigenvalue weighted by atomic mass is 10.0. The molecule has 25 nitrogen and oxygen atoms in total. The van der Waals surface area contributed by atoms with E-state index in [2.05, 4.69) is 20.6 Å². The molecule has 0 radical (unpaired) electrons. The van der Waals surface area contributed by atoms with Crippen molar-refractivity contribution in [2.45, 2.75) is 13.1 Å². The van der Waals surface area contributed by atoms with Crippen molar-refractivity contribution < 1.29 is 78.9 Å². The predicted molar refractivity (Wildman–Crippen MR) is 326 cm³/mol. The number of amides is 2. The average Bonchev–Trinajstić information content (AvgIpc) is 1.94. The van der Waals surface area contributed by atoms with Crippen LogP contribution in [0.1, 0.15) is 71.1 Å². The molecule has 8 bridgehead atoms. The molecule has 454 valence electrons. The molecular formula is C64H57N9O16. The van der Waals surface area contributed by atoms with Gasteiger partial charge in [-0.25, -0.2) is 29.1 Å². The number of nitrogens with one attached hydrogen (secondary N) is 4. The number of H-pyrrole nitrogens is 2. The van der Waals surface area contributed by atoms with Crippen LogP contribution in [0.3, 0.4) is 0 Å². The van der Waals surface area contributed by atoms with E-state index in [4.69, 9.17) is 9.97 Å². The molecule has 0 saturated heterocycles. The Morgan fingerprint density at radius 3 is 1.07 bits per heavy atom. The minimum absolute atomic E-state index is 0.0385. The highest BCUT2D eigenvalue weighted by Gasteiger charge is 2.31. The summed E-state index contributed by atoms with van der Waals surface area (Å²) in [5.41, 5.74) is 8.42. The van der Waals surface area contributed by atoms with Crippen LogP contribution < -0.4 is 10.6 Å². The van der Waals surface area contributed by atoms with Gasteiger partial charge in [-0.1, -0.05) is 48.5 Å². The Morgan fingerprint density at radius 1 is 0.416 bits per heavy atom. The molecule has 0 fully saturated rings. The number of hydrogen-bond acceptors (Lipinski definition) is 14. The van der Waals surface area contributed by atoms with E-state index < -0.39 is 85.9 Å². The van der Waals surface area contributed by atoms with Gasteiger partial charge in [0, 0.05) is 82.6 Å². The van der Waals surface area contributed by atoms with E-state index in [1.807, 2.05) is 12.1 Å². The maximum Gasteiger partial charge on any atom is 0.341 e. The number of aliphatic carboxylic acids is 4. The fourth-order valence-electron chi connectivity index (χ4n) is 10.4. The van der Waals surface area contributed by atoms with E-state index in [-0.39, 0.29) is 55.0 Å². The van der Waals surface area contributed by atoms with Gasteiger partial charge in [-0.3, -0.25) is 38.7 Å². The van der Waals surface area contributed by atoms with Gasteiger partial charge < -0.3 is 56.3 Å². The number of aromatic amines is 2. The van der Waals surface area contributed by atoms with E-state index in [1.54, 1.807) is 91.9 Å². The Bertz CT molecular complexity index is 4140. The van der Waals surface area contributed by atoms with Crippen molar-refractivity contribution in [3.05, 3.63) is 166 Å². The van der Waals surface area contributed by atoms with E-state index in [0.29, 0.717) is 89.4 Å². The van der Waals surface area contributed by atoms with Gasteiger partial charge in [0.1, 0.15) is 0 Å². The summed E-state index contributed by atoms with van der Waals surface area (Å²) < 4.78 is 0. The number of aromatic nitrogens is 4. The number of carboxylic acid groups (broad SMARTS) is 7. The first-order valence-corrected chi connectivity index (χ1v) is 27.6. The summed E-state index contributed by atoms with van der Waals surface area (Å²) in [6, 6.07) is 32.1. The highest BCUT2D eigenvalue weighted by molar-refractivity contribution is 6.02. The summed E-state index contributed by atoms with van der Waals surface area (Å²) in [6.45, 7) is -1.36. The number of likely N-dealkylation sites (N-methyl/N-ethyl adjacent to an activating group) is 1. The van der Waals surface area contributed by atoms with E-state index >= 15 is 0 Å². The number of fused-ring (bicyclic) bond motifs is 8. The Hall–Kier alpha value is -11.4. The van der Waals surface area contributed by atoms with Crippen LogP contribution in [0.25, 0.3) is 90.9 Å². The molecule has 2 aliphatic rings. The van der Waals surface area contributed by atoms with Crippen molar-refractivity contribution in [2.24, 2.45) is 0 Å². The third kappa shape index (κ3) is 14.8. The zero-order valence-corrected chi connectivity index (χ0v) is 47.3. The van der Waals surface area contributed by atoms with Gasteiger partial charge in [0.15, 0.2) is 6.17 Å². The summed E-state index contributed by atoms with van der Waals surface area (Å²) >= 11 is 0. The second-order valence-corrected chi connectivity index (χ2v) is 20.5. The smallest absolute Gasteiger partial charge is 0.341 e. The summed E-state index contributed by atoms with van der Waals surface area (Å²) in [7, 11) is 0. The Labute approximate surface area is 505 Å². The topological polar surface area (TPSA) is 386 Å². The Morgan fingerprint density at radius 2 is 0.742 bits per heavy atom. The fraction of sp³-hybridized carbons (Fsp3) is 0.172. The molecule has 3 aromatic heterocycles. The summed E-state index contributed by atoms with van der Waals surface area (Å²) in [5.74, 6) is -10.4. The minimum Gasteiger partial charge on any atom is -0.480 e. The maximum atomic E-state index is 14.1. The first-order chi connectivity index (χ1) is 42.6. The number of benzene rings is 4. The number of carbonyl (C=O) groups is 9. The molecule has 0 aliphatic carbocycles. The molecule has 5 heterocycles. The molecule has 4 aromatic carbocycles. The number of hydrogen-bond donors (Lipinski definition) is 11. The van der Waals surface area contributed by atoms with Crippen LogP contribution in [0.4, 0.5) is 0 Å². The van der Waals surface area contributed by atoms with Gasteiger partial charge in [0.2, 0.25) is 5.91 Å². The lowest BCUT2D eigenvalue weighted by molar-refractivity contribution is -0.148. The first kappa shape index (κ1) is 62.1. The van der Waals surface area contributed by atoms with Crippen LogP contribution in [-0.4, -0.2) is 189 Å². The van der Waals surface area contributed by atoms with Gasteiger partial charge in [-0.15, -0.1) is 0 Å². The molecule has 0 spiro atoms. The molecule has 89 heavy (non-hydrogen) atoms. The van der Waals surface area contributed by atoms with Crippen LogP contribution in [0.15, 0.2) is 121 Å². The number of aromatic carboxylic acids is 3. The zero-order chi connectivity index (χ0) is 63.6.